The van der Waals surface area contributed by atoms with E-state index in [1.807, 2.05) is 32.2 Å². The Balaban J connectivity index is 1.90. The molecule has 2 aliphatic heterocycles. The molecule has 1 aromatic rings. The van der Waals surface area contributed by atoms with Crippen molar-refractivity contribution in [2.45, 2.75) is 38.8 Å². The Morgan fingerprint density at radius 2 is 1.93 bits per heavy atom. The second-order valence-electron chi connectivity index (χ2n) is 8.75. The largest absolute Gasteiger partial charge is 0.373 e. The third-order valence-corrected chi connectivity index (χ3v) is 7.64. The highest BCUT2D eigenvalue weighted by Gasteiger charge is 2.44. The van der Waals surface area contributed by atoms with Gasteiger partial charge in [-0.1, -0.05) is 13.8 Å². The molecule has 2 atom stereocenters. The second kappa shape index (κ2) is 7.79. The first-order valence-corrected chi connectivity index (χ1v) is 11.0. The molecule has 0 N–H and O–H groups in total. The first-order chi connectivity index (χ1) is 12.6. The van der Waals surface area contributed by atoms with Crippen LogP contribution in [0.15, 0.2) is 12.4 Å². The SMILES string of the molecule is CN(C)C[C@@H]1OCCN(S(=O)(=O)N2CCC(C)(C)CC2)[C@H]1c1cnn(C)c1. The van der Waals surface area contributed by atoms with Gasteiger partial charge in [-0.25, -0.2) is 0 Å². The maximum Gasteiger partial charge on any atom is 0.282 e. The molecule has 0 aliphatic carbocycles. The predicted octanol–water partition coefficient (Wildman–Crippen LogP) is 1.09. The quantitative estimate of drug-likeness (QED) is 0.741. The van der Waals surface area contributed by atoms with Crippen molar-refractivity contribution in [3.8, 4) is 0 Å². The lowest BCUT2D eigenvalue weighted by atomic mass is 9.83. The Kier molecular flexibility index (Phi) is 5.98. The monoisotopic (exact) mass is 399 g/mol. The van der Waals surface area contributed by atoms with E-state index in [0.29, 0.717) is 32.8 Å². The Morgan fingerprint density at radius 3 is 2.48 bits per heavy atom. The van der Waals surface area contributed by atoms with Crippen molar-refractivity contribution >= 4 is 10.2 Å². The van der Waals surface area contributed by atoms with E-state index in [1.165, 1.54) is 0 Å². The standard InChI is InChI=1S/C18H33N5O3S/c1-18(2)6-8-22(9-7-18)27(24,25)23-10-11-26-16(14-20(3)4)17(23)15-12-19-21(5)13-15/h12-13,16-17H,6-11,14H2,1-5H3/t16-,17-/m0/s1. The highest BCUT2D eigenvalue weighted by atomic mass is 32.2. The van der Waals surface area contributed by atoms with Gasteiger partial charge in [0, 0.05) is 45.0 Å². The zero-order valence-electron chi connectivity index (χ0n) is 17.1. The molecule has 0 bridgehead atoms. The van der Waals surface area contributed by atoms with E-state index >= 15 is 0 Å². The first kappa shape index (κ1) is 20.7. The molecule has 0 spiro atoms. The number of morpholine rings is 1. The fourth-order valence-corrected chi connectivity index (χ4v) is 5.72. The molecule has 27 heavy (non-hydrogen) atoms. The molecule has 2 fully saturated rings. The van der Waals surface area contributed by atoms with E-state index in [0.717, 1.165) is 18.4 Å². The van der Waals surface area contributed by atoms with Crippen LogP contribution in [0.2, 0.25) is 0 Å². The van der Waals surface area contributed by atoms with Gasteiger partial charge in [-0.05, 0) is 32.4 Å². The lowest BCUT2D eigenvalue weighted by Gasteiger charge is -2.44. The van der Waals surface area contributed by atoms with E-state index in [9.17, 15) is 8.42 Å². The summed E-state index contributed by atoms with van der Waals surface area (Å²) in [7, 11) is 2.24. The number of aromatic nitrogens is 2. The third kappa shape index (κ3) is 4.54. The number of aryl methyl sites for hydroxylation is 1. The van der Waals surface area contributed by atoms with Gasteiger partial charge in [0.2, 0.25) is 0 Å². The van der Waals surface area contributed by atoms with E-state index < -0.39 is 10.2 Å². The van der Waals surface area contributed by atoms with Crippen LogP contribution in [0, 0.1) is 5.41 Å². The van der Waals surface area contributed by atoms with Gasteiger partial charge in [-0.15, -0.1) is 0 Å². The number of nitrogens with zero attached hydrogens (tertiary/aromatic N) is 5. The second-order valence-corrected chi connectivity index (χ2v) is 10.6. The van der Waals surface area contributed by atoms with Crippen LogP contribution >= 0.6 is 0 Å². The van der Waals surface area contributed by atoms with Gasteiger partial charge in [0.15, 0.2) is 0 Å². The summed E-state index contributed by atoms with van der Waals surface area (Å²) in [4.78, 5) is 2.04. The average molecular weight is 400 g/mol. The maximum atomic E-state index is 13.5. The summed E-state index contributed by atoms with van der Waals surface area (Å²) < 4.78 is 38.1. The highest BCUT2D eigenvalue weighted by molar-refractivity contribution is 7.86. The zero-order chi connectivity index (χ0) is 19.8. The Morgan fingerprint density at radius 1 is 1.26 bits per heavy atom. The summed E-state index contributed by atoms with van der Waals surface area (Å²) in [6, 6.07) is -0.366. The molecule has 0 amide bonds. The first-order valence-electron chi connectivity index (χ1n) is 9.62. The minimum absolute atomic E-state index is 0.202. The smallest absolute Gasteiger partial charge is 0.282 e. The topological polar surface area (TPSA) is 70.9 Å². The molecular weight excluding hydrogens is 366 g/mol. The normalized spacial score (nSPS) is 27.9. The van der Waals surface area contributed by atoms with Crippen molar-refractivity contribution in [3.63, 3.8) is 0 Å². The predicted molar refractivity (Wildman–Crippen MR) is 104 cm³/mol. The molecule has 0 radical (unpaired) electrons. The number of piperidine rings is 1. The lowest BCUT2D eigenvalue weighted by molar-refractivity contribution is -0.0535. The van der Waals surface area contributed by atoms with Gasteiger partial charge in [-0.3, -0.25) is 4.68 Å². The van der Waals surface area contributed by atoms with Crippen LogP contribution in [-0.2, 0) is 22.0 Å². The van der Waals surface area contributed by atoms with Gasteiger partial charge in [-0.2, -0.15) is 22.1 Å². The molecule has 9 heteroatoms. The number of hydrogen-bond donors (Lipinski definition) is 0. The molecule has 0 unspecified atom stereocenters. The number of hydrogen-bond acceptors (Lipinski definition) is 5. The molecule has 3 heterocycles. The number of rotatable bonds is 5. The van der Waals surface area contributed by atoms with Crippen molar-refractivity contribution in [2.24, 2.45) is 12.5 Å². The molecular formula is C18H33N5O3S. The Bertz CT molecular complexity index is 736. The van der Waals surface area contributed by atoms with Crippen LogP contribution in [0.5, 0.6) is 0 Å². The molecule has 8 nitrogen and oxygen atoms in total. The van der Waals surface area contributed by atoms with Crippen LogP contribution in [-0.4, -0.2) is 84.7 Å². The van der Waals surface area contributed by atoms with Gasteiger partial charge in [0.05, 0.1) is 24.9 Å². The molecule has 1 aromatic heterocycles. The summed E-state index contributed by atoms with van der Waals surface area (Å²) in [6.07, 6.45) is 5.19. The van der Waals surface area contributed by atoms with E-state index in [1.54, 1.807) is 19.5 Å². The van der Waals surface area contributed by atoms with Crippen LogP contribution < -0.4 is 0 Å². The fourth-order valence-electron chi connectivity index (χ4n) is 3.93. The summed E-state index contributed by atoms with van der Waals surface area (Å²) in [5.41, 5.74) is 1.08. The van der Waals surface area contributed by atoms with E-state index in [2.05, 4.69) is 18.9 Å². The van der Waals surface area contributed by atoms with Gasteiger partial charge < -0.3 is 9.64 Å². The van der Waals surface area contributed by atoms with Crippen molar-refractivity contribution < 1.29 is 13.2 Å². The minimum atomic E-state index is -3.56. The van der Waals surface area contributed by atoms with Crippen LogP contribution in [0.4, 0.5) is 0 Å². The van der Waals surface area contributed by atoms with Crippen LogP contribution in [0.25, 0.3) is 0 Å². The number of ether oxygens (including phenoxy) is 1. The molecule has 154 valence electrons. The van der Waals surface area contributed by atoms with Crippen molar-refractivity contribution in [1.82, 2.24) is 23.3 Å². The van der Waals surface area contributed by atoms with Gasteiger partial charge in [0.25, 0.3) is 10.2 Å². The van der Waals surface area contributed by atoms with Gasteiger partial charge in [0.1, 0.15) is 0 Å². The minimum Gasteiger partial charge on any atom is -0.373 e. The summed E-state index contributed by atoms with van der Waals surface area (Å²) >= 11 is 0. The van der Waals surface area contributed by atoms with E-state index in [-0.39, 0.29) is 17.6 Å². The Hall–Kier alpha value is -1.00. The zero-order valence-corrected chi connectivity index (χ0v) is 17.9. The third-order valence-electron chi connectivity index (χ3n) is 5.62. The highest BCUT2D eigenvalue weighted by Crippen LogP contribution is 2.36. The Labute approximate surface area is 163 Å². The molecule has 3 rings (SSSR count). The molecule has 0 saturated carbocycles. The molecule has 2 saturated heterocycles. The van der Waals surface area contributed by atoms with Crippen molar-refractivity contribution in [3.05, 3.63) is 18.0 Å². The summed E-state index contributed by atoms with van der Waals surface area (Å²) in [6.45, 7) is 6.99. The maximum absolute atomic E-state index is 13.5. The number of likely N-dealkylation sites (N-methyl/N-ethyl adjacent to an activating group) is 1. The van der Waals surface area contributed by atoms with Crippen LogP contribution in [0.3, 0.4) is 0 Å². The lowest BCUT2D eigenvalue weighted by Crippen LogP contribution is -2.56. The van der Waals surface area contributed by atoms with Gasteiger partial charge >= 0.3 is 0 Å². The van der Waals surface area contributed by atoms with Crippen LogP contribution in [0.1, 0.15) is 38.3 Å². The van der Waals surface area contributed by atoms with E-state index in [4.69, 9.17) is 4.74 Å². The van der Waals surface area contributed by atoms with Crippen molar-refractivity contribution in [1.29, 1.82) is 0 Å². The average Bonchev–Trinajstić information content (AvgIpc) is 3.00. The fraction of sp³-hybridized carbons (Fsp3) is 0.833. The molecule has 2 aliphatic rings. The summed E-state index contributed by atoms with van der Waals surface area (Å²) in [5.74, 6) is 0. The molecule has 0 aromatic carbocycles. The summed E-state index contributed by atoms with van der Waals surface area (Å²) in [5, 5.41) is 4.27. The van der Waals surface area contributed by atoms with Crippen molar-refractivity contribution in [2.75, 3.05) is 46.9 Å².